The molecule has 3 unspecified atom stereocenters. The van der Waals surface area contributed by atoms with Crippen LogP contribution >= 0.6 is 0 Å². The Kier molecular flexibility index (Phi) is 14.7. The molecule has 3 amide bonds. The number of rotatable bonds is 19. The summed E-state index contributed by atoms with van der Waals surface area (Å²) in [6, 6.07) is 19.4. The van der Waals surface area contributed by atoms with Crippen molar-refractivity contribution in [2.75, 3.05) is 26.7 Å². The maximum atomic E-state index is 13.5. The number of aliphatic hydroxyl groups is 1. The fourth-order valence-corrected chi connectivity index (χ4v) is 5.91. The van der Waals surface area contributed by atoms with E-state index in [2.05, 4.69) is 32.8 Å². The molecule has 2 aromatic carbocycles. The number of hydrogen-bond donors (Lipinski definition) is 6. The zero-order valence-corrected chi connectivity index (χ0v) is 29.1. The SMILES string of the molecule is CNC(CCN(C(=O)CO)C(c1cc(-c2ccccc2)cn1Cc1ccccc1)C(C)(C)C)C(=O)NCCC(=O)NC(CCC(=O)O)C(=O)O. The Morgan fingerprint density at radius 1 is 0.860 bits per heavy atom. The van der Waals surface area contributed by atoms with E-state index < -0.39 is 66.2 Å². The summed E-state index contributed by atoms with van der Waals surface area (Å²) in [7, 11) is 1.60. The maximum Gasteiger partial charge on any atom is 0.326 e. The molecule has 270 valence electrons. The number of aromatic nitrogens is 1. The summed E-state index contributed by atoms with van der Waals surface area (Å²) in [5.74, 6) is -4.09. The number of carbonyl (C=O) groups is 5. The van der Waals surface area contributed by atoms with Crippen LogP contribution in [0.25, 0.3) is 11.1 Å². The molecule has 0 aliphatic carbocycles. The molecule has 50 heavy (non-hydrogen) atoms. The highest BCUT2D eigenvalue weighted by molar-refractivity contribution is 5.85. The lowest BCUT2D eigenvalue weighted by Gasteiger charge is -2.41. The molecular formula is C37H49N5O8. The first kappa shape index (κ1) is 39.4. The Labute approximate surface area is 292 Å². The predicted octanol–water partition coefficient (Wildman–Crippen LogP) is 3.03. The third kappa shape index (κ3) is 11.6. The van der Waals surface area contributed by atoms with Gasteiger partial charge in [0.2, 0.25) is 17.7 Å². The Bertz CT molecular complexity index is 1590. The Hall–Kier alpha value is -5.01. The van der Waals surface area contributed by atoms with E-state index >= 15 is 0 Å². The first-order valence-corrected chi connectivity index (χ1v) is 16.6. The van der Waals surface area contributed by atoms with Crippen LogP contribution in [0, 0.1) is 5.41 Å². The van der Waals surface area contributed by atoms with Crippen molar-refractivity contribution in [2.45, 2.75) is 71.1 Å². The van der Waals surface area contributed by atoms with E-state index in [1.54, 1.807) is 11.9 Å². The third-order valence-electron chi connectivity index (χ3n) is 8.36. The number of benzene rings is 2. The van der Waals surface area contributed by atoms with Crippen LogP contribution in [-0.4, -0.2) is 93.3 Å². The van der Waals surface area contributed by atoms with Gasteiger partial charge in [0.15, 0.2) is 0 Å². The number of carbonyl (C=O) groups excluding carboxylic acids is 3. The van der Waals surface area contributed by atoms with Gasteiger partial charge in [0.25, 0.3) is 0 Å². The van der Waals surface area contributed by atoms with E-state index in [1.165, 1.54) is 0 Å². The van der Waals surface area contributed by atoms with Gasteiger partial charge in [-0.3, -0.25) is 19.2 Å². The topological polar surface area (TPSA) is 190 Å². The zero-order valence-electron chi connectivity index (χ0n) is 29.1. The molecule has 3 atom stereocenters. The first-order chi connectivity index (χ1) is 23.7. The summed E-state index contributed by atoms with van der Waals surface area (Å²) in [5.41, 5.74) is 3.47. The van der Waals surface area contributed by atoms with E-state index in [9.17, 15) is 34.2 Å². The van der Waals surface area contributed by atoms with Crippen molar-refractivity contribution in [3.63, 3.8) is 0 Å². The second kappa shape index (κ2) is 18.7. The molecular weight excluding hydrogens is 642 g/mol. The summed E-state index contributed by atoms with van der Waals surface area (Å²) in [6.45, 7) is 5.96. The van der Waals surface area contributed by atoms with Crippen LogP contribution in [0.4, 0.5) is 0 Å². The van der Waals surface area contributed by atoms with Gasteiger partial charge < -0.3 is 40.7 Å². The molecule has 3 aromatic rings. The van der Waals surface area contributed by atoms with Gasteiger partial charge in [0, 0.05) is 44.4 Å². The number of carboxylic acids is 2. The fourth-order valence-electron chi connectivity index (χ4n) is 5.91. The van der Waals surface area contributed by atoms with Crippen molar-refractivity contribution in [1.29, 1.82) is 0 Å². The summed E-state index contributed by atoms with van der Waals surface area (Å²) >= 11 is 0. The van der Waals surface area contributed by atoms with Crippen LogP contribution in [-0.2, 0) is 30.5 Å². The second-order valence-corrected chi connectivity index (χ2v) is 13.2. The number of hydrogen-bond acceptors (Lipinski definition) is 7. The van der Waals surface area contributed by atoms with Crippen molar-refractivity contribution in [3.05, 3.63) is 84.2 Å². The van der Waals surface area contributed by atoms with Crippen LogP contribution in [0.5, 0.6) is 0 Å². The number of nitrogens with zero attached hydrogens (tertiary/aromatic N) is 2. The van der Waals surface area contributed by atoms with Crippen LogP contribution in [0.2, 0.25) is 0 Å². The lowest BCUT2D eigenvalue weighted by Crippen LogP contribution is -2.49. The third-order valence-corrected chi connectivity index (χ3v) is 8.36. The van der Waals surface area contributed by atoms with Gasteiger partial charge in [-0.1, -0.05) is 81.4 Å². The smallest absolute Gasteiger partial charge is 0.326 e. The largest absolute Gasteiger partial charge is 0.481 e. The normalized spacial score (nSPS) is 13.1. The van der Waals surface area contributed by atoms with Crippen molar-refractivity contribution in [3.8, 4) is 11.1 Å². The van der Waals surface area contributed by atoms with E-state index in [4.69, 9.17) is 5.11 Å². The van der Waals surface area contributed by atoms with Crippen molar-refractivity contribution in [1.82, 2.24) is 25.4 Å². The molecule has 0 saturated heterocycles. The van der Waals surface area contributed by atoms with Crippen LogP contribution < -0.4 is 16.0 Å². The summed E-state index contributed by atoms with van der Waals surface area (Å²) in [6.07, 6.45) is 1.35. The monoisotopic (exact) mass is 691 g/mol. The number of amides is 3. The van der Waals surface area contributed by atoms with E-state index in [1.807, 2.05) is 81.4 Å². The van der Waals surface area contributed by atoms with E-state index in [-0.39, 0.29) is 32.4 Å². The molecule has 13 nitrogen and oxygen atoms in total. The van der Waals surface area contributed by atoms with Crippen molar-refractivity contribution < 1.29 is 39.3 Å². The standard InChI is InChI=1S/C37H49N5O8/c1-37(2,3)34(30-21-27(26-13-9-6-10-14-26)23-41(30)22-25-11-7-5-8-12-25)42(32(45)24-43)20-18-28(38-4)35(48)39-19-17-31(44)40-29(36(49)50)15-16-33(46)47/h5-14,21,23,28-29,34,38,43H,15-20,22,24H2,1-4H3,(H,39,48)(H,40,44)(H,46,47)(H,49,50). The number of aliphatic carboxylic acids is 2. The molecule has 0 aliphatic rings. The quantitative estimate of drug-likeness (QED) is 0.110. The maximum absolute atomic E-state index is 13.5. The van der Waals surface area contributed by atoms with Crippen LogP contribution in [0.1, 0.15) is 63.8 Å². The minimum absolute atomic E-state index is 0.0900. The van der Waals surface area contributed by atoms with Gasteiger partial charge in [-0.05, 0) is 48.1 Å². The molecule has 1 heterocycles. The summed E-state index contributed by atoms with van der Waals surface area (Å²) < 4.78 is 2.13. The number of nitrogens with one attached hydrogen (secondary N) is 3. The molecule has 0 spiro atoms. The molecule has 13 heteroatoms. The molecule has 6 N–H and O–H groups in total. The predicted molar refractivity (Wildman–Crippen MR) is 188 cm³/mol. The number of aliphatic hydroxyl groups excluding tert-OH is 1. The minimum Gasteiger partial charge on any atom is -0.481 e. The number of carboxylic acid groups (broad SMARTS) is 2. The Morgan fingerprint density at radius 3 is 2.06 bits per heavy atom. The summed E-state index contributed by atoms with van der Waals surface area (Å²) in [5, 5.41) is 36.1. The van der Waals surface area contributed by atoms with Crippen molar-refractivity contribution in [2.24, 2.45) is 5.41 Å². The zero-order chi connectivity index (χ0) is 36.8. The number of likely N-dealkylation sites (N-methyl/N-ethyl adjacent to an activating group) is 1. The Morgan fingerprint density at radius 2 is 1.50 bits per heavy atom. The van der Waals surface area contributed by atoms with E-state index in [0.717, 1.165) is 22.4 Å². The van der Waals surface area contributed by atoms with Gasteiger partial charge in [-0.2, -0.15) is 0 Å². The highest BCUT2D eigenvalue weighted by Crippen LogP contribution is 2.41. The molecule has 0 fully saturated rings. The summed E-state index contributed by atoms with van der Waals surface area (Å²) in [4.78, 5) is 62.8. The highest BCUT2D eigenvalue weighted by atomic mass is 16.4. The molecule has 0 aliphatic heterocycles. The lowest BCUT2D eigenvalue weighted by molar-refractivity contribution is -0.143. The van der Waals surface area contributed by atoms with Gasteiger partial charge >= 0.3 is 11.9 Å². The van der Waals surface area contributed by atoms with Crippen molar-refractivity contribution >= 4 is 29.7 Å². The van der Waals surface area contributed by atoms with Gasteiger partial charge in [0.05, 0.1) is 12.1 Å². The van der Waals surface area contributed by atoms with Crippen LogP contribution in [0.3, 0.4) is 0 Å². The molecule has 3 rings (SSSR count). The van der Waals surface area contributed by atoms with Gasteiger partial charge in [-0.25, -0.2) is 4.79 Å². The fraction of sp³-hybridized carbons (Fsp3) is 0.432. The Balaban J connectivity index is 1.80. The molecule has 0 bridgehead atoms. The average Bonchev–Trinajstić information content (AvgIpc) is 3.48. The molecule has 0 radical (unpaired) electrons. The second-order valence-electron chi connectivity index (χ2n) is 13.2. The average molecular weight is 692 g/mol. The lowest BCUT2D eigenvalue weighted by atomic mass is 9.82. The minimum atomic E-state index is -1.36. The van der Waals surface area contributed by atoms with Gasteiger partial charge in [-0.15, -0.1) is 0 Å². The van der Waals surface area contributed by atoms with Crippen LogP contribution in [0.15, 0.2) is 72.9 Å². The van der Waals surface area contributed by atoms with Gasteiger partial charge in [0.1, 0.15) is 12.6 Å². The van der Waals surface area contributed by atoms with E-state index in [0.29, 0.717) is 6.54 Å². The first-order valence-electron chi connectivity index (χ1n) is 16.6. The molecule has 1 aromatic heterocycles. The molecule has 0 saturated carbocycles. The highest BCUT2D eigenvalue weighted by Gasteiger charge is 2.37.